The quantitative estimate of drug-likeness (QED) is 0.274. The number of nitro groups is 1. The molecule has 0 aromatic heterocycles. The minimum atomic E-state index is -4.75. The van der Waals surface area contributed by atoms with Gasteiger partial charge in [-0.1, -0.05) is 12.1 Å². The van der Waals surface area contributed by atoms with Gasteiger partial charge in [-0.25, -0.2) is 4.39 Å². The number of benzene rings is 3. The van der Waals surface area contributed by atoms with E-state index in [4.69, 9.17) is 14.2 Å². The second-order valence-electron chi connectivity index (χ2n) is 6.34. The maximum Gasteiger partial charge on any atom is 0.416 e. The third kappa shape index (κ3) is 5.87. The van der Waals surface area contributed by atoms with Crippen LogP contribution < -0.4 is 19.3 Å². The van der Waals surface area contributed by atoms with Crippen molar-refractivity contribution in [2.75, 3.05) is 6.61 Å². The molecule has 3 aromatic rings. The standard InChI is InChI=1S/C21H13F4NO7/c22-14-9-12(21(23,24)25)5-8-16(14)32-13-6-7-15(26(29)30)19(10-13)33-18-4-2-1-3-17(18)31-11-20(27)28/h1-10H,11H2,(H,27,28)/p-1. The Kier molecular flexibility index (Phi) is 6.66. The summed E-state index contributed by atoms with van der Waals surface area (Å²) in [6.45, 7) is -0.807. The van der Waals surface area contributed by atoms with Crippen molar-refractivity contribution in [3.8, 4) is 28.7 Å². The molecule has 3 rings (SSSR count). The van der Waals surface area contributed by atoms with Gasteiger partial charge in [-0.05, 0) is 36.4 Å². The monoisotopic (exact) mass is 466 g/mol. The third-order valence-electron chi connectivity index (χ3n) is 4.03. The van der Waals surface area contributed by atoms with Crippen molar-refractivity contribution >= 4 is 11.7 Å². The van der Waals surface area contributed by atoms with Crippen LogP contribution in [0.25, 0.3) is 0 Å². The Labute approximate surface area is 182 Å². The molecule has 12 heteroatoms. The van der Waals surface area contributed by atoms with Gasteiger partial charge in [0.15, 0.2) is 23.1 Å². The number of hydrogen-bond donors (Lipinski definition) is 0. The predicted octanol–water partition coefficient (Wildman–Crippen LogP) is 4.47. The molecule has 33 heavy (non-hydrogen) atoms. The highest BCUT2D eigenvalue weighted by molar-refractivity contribution is 5.66. The van der Waals surface area contributed by atoms with Crippen LogP contribution in [0.3, 0.4) is 0 Å². The number of halogens is 4. The van der Waals surface area contributed by atoms with Crippen LogP contribution in [0.1, 0.15) is 5.56 Å². The maximum atomic E-state index is 14.1. The van der Waals surface area contributed by atoms with E-state index in [0.29, 0.717) is 6.07 Å². The second-order valence-corrected chi connectivity index (χ2v) is 6.34. The van der Waals surface area contributed by atoms with E-state index in [0.717, 1.165) is 24.3 Å². The maximum absolute atomic E-state index is 14.1. The van der Waals surface area contributed by atoms with E-state index in [1.165, 1.54) is 24.3 Å². The van der Waals surface area contributed by atoms with Crippen molar-refractivity contribution in [2.24, 2.45) is 0 Å². The Bertz CT molecular complexity index is 1200. The summed E-state index contributed by atoms with van der Waals surface area (Å²) in [6.07, 6.45) is -4.75. The molecule has 0 amide bonds. The number of nitrogens with zero attached hydrogens (tertiary/aromatic N) is 1. The van der Waals surface area contributed by atoms with Gasteiger partial charge in [-0.15, -0.1) is 0 Å². The van der Waals surface area contributed by atoms with Crippen molar-refractivity contribution in [3.05, 3.63) is 82.2 Å². The van der Waals surface area contributed by atoms with Gasteiger partial charge in [0, 0.05) is 12.1 Å². The SMILES string of the molecule is O=C([O-])COc1ccccc1Oc1cc(Oc2ccc(C(F)(F)F)cc2F)ccc1[N+](=O)[O-]. The summed E-state index contributed by atoms with van der Waals surface area (Å²) in [5, 5.41) is 22.0. The van der Waals surface area contributed by atoms with Gasteiger partial charge in [0.1, 0.15) is 12.4 Å². The van der Waals surface area contributed by atoms with Gasteiger partial charge in [0.25, 0.3) is 0 Å². The summed E-state index contributed by atoms with van der Waals surface area (Å²) in [7, 11) is 0. The summed E-state index contributed by atoms with van der Waals surface area (Å²) in [4.78, 5) is 21.2. The molecule has 0 spiro atoms. The molecule has 0 N–H and O–H groups in total. The van der Waals surface area contributed by atoms with Crippen LogP contribution in [-0.2, 0) is 11.0 Å². The third-order valence-corrected chi connectivity index (χ3v) is 4.03. The first-order chi connectivity index (χ1) is 15.5. The molecule has 0 saturated heterocycles. The van der Waals surface area contributed by atoms with Gasteiger partial charge in [-0.3, -0.25) is 10.1 Å². The molecule has 0 radical (unpaired) electrons. The smallest absolute Gasteiger partial charge is 0.416 e. The average Bonchev–Trinajstić information content (AvgIpc) is 2.73. The summed E-state index contributed by atoms with van der Waals surface area (Å²) < 4.78 is 68.0. The number of ether oxygens (including phenoxy) is 3. The molecule has 0 fully saturated rings. The molecular formula is C21H12F4NO7-. The largest absolute Gasteiger partial charge is 0.546 e. The number of carboxylic acids is 1. The average molecular weight is 466 g/mol. The fourth-order valence-electron chi connectivity index (χ4n) is 2.59. The molecule has 8 nitrogen and oxygen atoms in total. The minimum absolute atomic E-state index is 0.0592. The number of carbonyl (C=O) groups is 1. The summed E-state index contributed by atoms with van der Waals surface area (Å²) in [6, 6.07) is 10.4. The van der Waals surface area contributed by atoms with Crippen LogP contribution in [0.15, 0.2) is 60.7 Å². The Morgan fingerprint density at radius 3 is 2.21 bits per heavy atom. The fraction of sp³-hybridized carbons (Fsp3) is 0.0952. The van der Waals surface area contributed by atoms with Crippen LogP contribution in [0.5, 0.6) is 28.7 Å². The molecule has 0 heterocycles. The van der Waals surface area contributed by atoms with E-state index in [2.05, 4.69) is 0 Å². The summed E-state index contributed by atoms with van der Waals surface area (Å²) in [5.74, 6) is -4.07. The van der Waals surface area contributed by atoms with Crippen LogP contribution in [-0.4, -0.2) is 17.5 Å². The highest BCUT2D eigenvalue weighted by Crippen LogP contribution is 2.40. The topological polar surface area (TPSA) is 111 Å². The number of carboxylic acid groups (broad SMARTS) is 1. The van der Waals surface area contributed by atoms with Gasteiger partial charge >= 0.3 is 11.9 Å². The first-order valence-electron chi connectivity index (χ1n) is 8.97. The zero-order valence-corrected chi connectivity index (χ0v) is 16.3. The minimum Gasteiger partial charge on any atom is -0.546 e. The number of nitro benzene ring substituents is 1. The molecule has 3 aromatic carbocycles. The van der Waals surface area contributed by atoms with E-state index in [1.54, 1.807) is 0 Å². The Morgan fingerprint density at radius 2 is 1.61 bits per heavy atom. The lowest BCUT2D eigenvalue weighted by Gasteiger charge is -2.14. The highest BCUT2D eigenvalue weighted by Gasteiger charge is 2.31. The first-order valence-corrected chi connectivity index (χ1v) is 8.97. The number of hydrogen-bond acceptors (Lipinski definition) is 7. The lowest BCUT2D eigenvalue weighted by molar-refractivity contribution is -0.385. The number of para-hydroxylation sites is 2. The first kappa shape index (κ1) is 23.3. The zero-order valence-electron chi connectivity index (χ0n) is 16.3. The molecule has 172 valence electrons. The molecule has 0 saturated carbocycles. The van der Waals surface area contributed by atoms with E-state index in [1.807, 2.05) is 0 Å². The Morgan fingerprint density at radius 1 is 0.909 bits per heavy atom. The number of aliphatic carboxylic acids is 1. The van der Waals surface area contributed by atoms with Crippen molar-refractivity contribution in [1.82, 2.24) is 0 Å². The second kappa shape index (κ2) is 9.42. The van der Waals surface area contributed by atoms with Crippen LogP contribution in [0.2, 0.25) is 0 Å². The molecule has 0 atom stereocenters. The van der Waals surface area contributed by atoms with E-state index < -0.39 is 46.5 Å². The number of carbonyl (C=O) groups excluding carboxylic acids is 1. The number of alkyl halides is 3. The predicted molar refractivity (Wildman–Crippen MR) is 102 cm³/mol. The van der Waals surface area contributed by atoms with E-state index in [-0.39, 0.29) is 29.1 Å². The number of rotatable bonds is 8. The van der Waals surface area contributed by atoms with Crippen LogP contribution in [0.4, 0.5) is 23.2 Å². The summed E-state index contributed by atoms with van der Waals surface area (Å²) in [5.41, 5.74) is -1.74. The molecule has 0 aliphatic rings. The lowest BCUT2D eigenvalue weighted by Crippen LogP contribution is -2.29. The highest BCUT2D eigenvalue weighted by atomic mass is 19.4. The van der Waals surface area contributed by atoms with E-state index >= 15 is 0 Å². The van der Waals surface area contributed by atoms with Crippen LogP contribution >= 0.6 is 0 Å². The van der Waals surface area contributed by atoms with Crippen molar-refractivity contribution < 1.29 is 46.6 Å². The van der Waals surface area contributed by atoms with E-state index in [9.17, 15) is 37.6 Å². The van der Waals surface area contributed by atoms with Gasteiger partial charge < -0.3 is 24.1 Å². The van der Waals surface area contributed by atoms with Crippen LogP contribution in [0, 0.1) is 15.9 Å². The zero-order chi connectivity index (χ0) is 24.2. The molecule has 0 aliphatic carbocycles. The van der Waals surface area contributed by atoms with Gasteiger partial charge in [0.05, 0.1) is 16.5 Å². The fourth-order valence-corrected chi connectivity index (χ4v) is 2.59. The van der Waals surface area contributed by atoms with Crippen molar-refractivity contribution in [2.45, 2.75) is 6.18 Å². The molecule has 0 bridgehead atoms. The summed E-state index contributed by atoms with van der Waals surface area (Å²) >= 11 is 0. The normalized spacial score (nSPS) is 11.0. The molecule has 0 unspecified atom stereocenters. The molecule has 0 aliphatic heterocycles. The van der Waals surface area contributed by atoms with Crippen molar-refractivity contribution in [3.63, 3.8) is 0 Å². The Hall–Kier alpha value is -4.35. The Balaban J connectivity index is 1.92. The lowest BCUT2D eigenvalue weighted by atomic mass is 10.2. The van der Waals surface area contributed by atoms with Gasteiger partial charge in [0.2, 0.25) is 5.75 Å². The molecular weight excluding hydrogens is 454 g/mol. The van der Waals surface area contributed by atoms with Gasteiger partial charge in [-0.2, -0.15) is 13.2 Å². The van der Waals surface area contributed by atoms with Crippen molar-refractivity contribution in [1.29, 1.82) is 0 Å².